The van der Waals surface area contributed by atoms with Gasteiger partial charge in [-0.25, -0.2) is 4.98 Å². The minimum atomic E-state index is -0.507. The van der Waals surface area contributed by atoms with Gasteiger partial charge in [0.1, 0.15) is 11.5 Å². The van der Waals surface area contributed by atoms with Crippen molar-refractivity contribution in [1.29, 1.82) is 0 Å². The highest BCUT2D eigenvalue weighted by molar-refractivity contribution is 6.20. The standard InChI is InChI=1S/C19H18ClNO2/c1-3-22-18(20)16-12-8-7-11-15(16)17-13(2)23-19(21-17)14-9-5-4-6-10-14/h4-12,18H,3H2,1-2H3. The molecule has 0 aliphatic carbocycles. The second-order valence-electron chi connectivity index (χ2n) is 5.15. The molecular weight excluding hydrogens is 310 g/mol. The van der Waals surface area contributed by atoms with Gasteiger partial charge in [0, 0.05) is 23.3 Å². The van der Waals surface area contributed by atoms with Crippen molar-refractivity contribution in [3.63, 3.8) is 0 Å². The maximum absolute atomic E-state index is 6.36. The molecule has 3 aromatic rings. The van der Waals surface area contributed by atoms with Gasteiger partial charge in [-0.2, -0.15) is 0 Å². The average molecular weight is 328 g/mol. The molecule has 0 spiro atoms. The van der Waals surface area contributed by atoms with Gasteiger partial charge in [0.2, 0.25) is 5.89 Å². The van der Waals surface area contributed by atoms with Crippen LogP contribution in [0, 0.1) is 6.92 Å². The van der Waals surface area contributed by atoms with Crippen LogP contribution in [0.4, 0.5) is 0 Å². The Labute approximate surface area is 140 Å². The van der Waals surface area contributed by atoms with E-state index < -0.39 is 5.56 Å². The molecule has 0 saturated heterocycles. The SMILES string of the molecule is CCOC(Cl)c1ccccc1-c1nc(-c2ccccc2)oc1C. The quantitative estimate of drug-likeness (QED) is 0.573. The number of rotatable bonds is 5. The second-order valence-corrected chi connectivity index (χ2v) is 5.54. The molecule has 0 fully saturated rings. The lowest BCUT2D eigenvalue weighted by Crippen LogP contribution is -1.99. The molecule has 0 aliphatic rings. The highest BCUT2D eigenvalue weighted by Crippen LogP contribution is 2.35. The van der Waals surface area contributed by atoms with Crippen molar-refractivity contribution in [3.8, 4) is 22.7 Å². The van der Waals surface area contributed by atoms with Gasteiger partial charge in [0.25, 0.3) is 0 Å². The van der Waals surface area contributed by atoms with Crippen LogP contribution < -0.4 is 0 Å². The summed E-state index contributed by atoms with van der Waals surface area (Å²) in [5.74, 6) is 1.37. The van der Waals surface area contributed by atoms with Crippen molar-refractivity contribution in [3.05, 3.63) is 65.9 Å². The summed E-state index contributed by atoms with van der Waals surface area (Å²) < 4.78 is 11.4. The normalized spacial score (nSPS) is 12.3. The summed E-state index contributed by atoms with van der Waals surface area (Å²) in [6.07, 6.45) is 0. The topological polar surface area (TPSA) is 35.3 Å². The van der Waals surface area contributed by atoms with E-state index in [9.17, 15) is 0 Å². The van der Waals surface area contributed by atoms with Crippen LogP contribution >= 0.6 is 11.6 Å². The minimum Gasteiger partial charge on any atom is -0.441 e. The number of aryl methyl sites for hydroxylation is 1. The molecule has 0 N–H and O–H groups in total. The molecule has 0 amide bonds. The Morgan fingerprint density at radius 1 is 1.09 bits per heavy atom. The van der Waals surface area contributed by atoms with Crippen molar-refractivity contribution in [2.24, 2.45) is 0 Å². The molecule has 3 rings (SSSR count). The first kappa shape index (κ1) is 15.8. The van der Waals surface area contributed by atoms with Crippen LogP contribution in [-0.4, -0.2) is 11.6 Å². The first-order valence-corrected chi connectivity index (χ1v) is 8.02. The van der Waals surface area contributed by atoms with E-state index in [0.717, 1.165) is 28.1 Å². The molecule has 118 valence electrons. The molecule has 0 saturated carbocycles. The Kier molecular flexibility index (Phi) is 4.79. The van der Waals surface area contributed by atoms with E-state index in [-0.39, 0.29) is 0 Å². The fourth-order valence-electron chi connectivity index (χ4n) is 2.50. The molecule has 2 aromatic carbocycles. The van der Waals surface area contributed by atoms with Gasteiger partial charge in [0.05, 0.1) is 0 Å². The minimum absolute atomic E-state index is 0.507. The summed E-state index contributed by atoms with van der Waals surface area (Å²) in [6.45, 7) is 4.39. The number of benzene rings is 2. The molecule has 1 heterocycles. The van der Waals surface area contributed by atoms with Gasteiger partial charge < -0.3 is 9.15 Å². The number of aromatic nitrogens is 1. The van der Waals surface area contributed by atoms with Crippen molar-refractivity contribution >= 4 is 11.6 Å². The van der Waals surface area contributed by atoms with Gasteiger partial charge in [0.15, 0.2) is 5.56 Å². The smallest absolute Gasteiger partial charge is 0.226 e. The molecule has 1 atom stereocenters. The Balaban J connectivity index is 2.05. The summed E-state index contributed by atoms with van der Waals surface area (Å²) in [5.41, 5.74) is 3.07. The predicted molar refractivity (Wildman–Crippen MR) is 92.3 cm³/mol. The largest absolute Gasteiger partial charge is 0.441 e. The summed E-state index contributed by atoms with van der Waals surface area (Å²) in [7, 11) is 0. The van der Waals surface area contributed by atoms with Gasteiger partial charge >= 0.3 is 0 Å². The third-order valence-electron chi connectivity index (χ3n) is 3.59. The summed E-state index contributed by atoms with van der Waals surface area (Å²) in [6, 6.07) is 17.7. The molecular formula is C19H18ClNO2. The lowest BCUT2D eigenvalue weighted by Gasteiger charge is -2.13. The van der Waals surface area contributed by atoms with Gasteiger partial charge in [-0.3, -0.25) is 0 Å². The maximum Gasteiger partial charge on any atom is 0.226 e. The van der Waals surface area contributed by atoms with E-state index in [0.29, 0.717) is 12.5 Å². The highest BCUT2D eigenvalue weighted by Gasteiger charge is 2.19. The number of halogens is 1. The molecule has 23 heavy (non-hydrogen) atoms. The number of nitrogens with zero attached hydrogens (tertiary/aromatic N) is 1. The number of ether oxygens (including phenoxy) is 1. The van der Waals surface area contributed by atoms with Crippen LogP contribution in [0.3, 0.4) is 0 Å². The maximum atomic E-state index is 6.36. The van der Waals surface area contributed by atoms with Gasteiger partial charge in [-0.05, 0) is 26.0 Å². The van der Waals surface area contributed by atoms with Crippen molar-refractivity contribution in [2.45, 2.75) is 19.4 Å². The van der Waals surface area contributed by atoms with Crippen LogP contribution in [0.2, 0.25) is 0 Å². The fraction of sp³-hybridized carbons (Fsp3) is 0.211. The second kappa shape index (κ2) is 6.99. The van der Waals surface area contributed by atoms with Crippen LogP contribution in [0.1, 0.15) is 23.8 Å². The van der Waals surface area contributed by atoms with Crippen LogP contribution in [-0.2, 0) is 4.74 Å². The molecule has 0 aliphatic heterocycles. The Hall–Kier alpha value is -2.10. The number of hydrogen-bond donors (Lipinski definition) is 0. The average Bonchev–Trinajstić information content (AvgIpc) is 2.97. The zero-order valence-corrected chi connectivity index (χ0v) is 13.9. The number of oxazole rings is 1. The lowest BCUT2D eigenvalue weighted by atomic mass is 10.0. The first-order chi connectivity index (χ1) is 11.2. The van der Waals surface area contributed by atoms with E-state index in [1.807, 2.05) is 68.4 Å². The third-order valence-corrected chi connectivity index (χ3v) is 3.95. The number of hydrogen-bond acceptors (Lipinski definition) is 3. The monoisotopic (exact) mass is 327 g/mol. The Morgan fingerprint density at radius 2 is 1.78 bits per heavy atom. The van der Waals surface area contributed by atoms with Crippen LogP contribution in [0.5, 0.6) is 0 Å². The Morgan fingerprint density at radius 3 is 2.52 bits per heavy atom. The van der Waals surface area contributed by atoms with E-state index in [1.165, 1.54) is 0 Å². The molecule has 3 nitrogen and oxygen atoms in total. The van der Waals surface area contributed by atoms with Gasteiger partial charge in [-0.1, -0.05) is 54.1 Å². The molecule has 1 unspecified atom stereocenters. The molecule has 1 aromatic heterocycles. The van der Waals surface area contributed by atoms with Crippen LogP contribution in [0.25, 0.3) is 22.7 Å². The molecule has 4 heteroatoms. The van der Waals surface area contributed by atoms with E-state index in [2.05, 4.69) is 4.98 Å². The first-order valence-electron chi connectivity index (χ1n) is 7.58. The Bertz CT molecular complexity index is 783. The van der Waals surface area contributed by atoms with Crippen molar-refractivity contribution < 1.29 is 9.15 Å². The van der Waals surface area contributed by atoms with E-state index in [1.54, 1.807) is 0 Å². The molecule has 0 radical (unpaired) electrons. The lowest BCUT2D eigenvalue weighted by molar-refractivity contribution is 0.121. The van der Waals surface area contributed by atoms with Gasteiger partial charge in [-0.15, -0.1) is 0 Å². The van der Waals surface area contributed by atoms with Crippen LogP contribution in [0.15, 0.2) is 59.0 Å². The van der Waals surface area contributed by atoms with E-state index in [4.69, 9.17) is 20.8 Å². The van der Waals surface area contributed by atoms with Crippen molar-refractivity contribution in [2.75, 3.05) is 6.61 Å². The number of alkyl halides is 1. The third kappa shape index (κ3) is 3.31. The predicted octanol–water partition coefficient (Wildman–Crippen LogP) is 5.59. The van der Waals surface area contributed by atoms with E-state index >= 15 is 0 Å². The summed E-state index contributed by atoms with van der Waals surface area (Å²) in [4.78, 5) is 4.67. The highest BCUT2D eigenvalue weighted by atomic mass is 35.5. The zero-order chi connectivity index (χ0) is 16.2. The zero-order valence-electron chi connectivity index (χ0n) is 13.1. The summed E-state index contributed by atoms with van der Waals surface area (Å²) >= 11 is 6.36. The molecule has 0 bridgehead atoms. The summed E-state index contributed by atoms with van der Waals surface area (Å²) in [5, 5.41) is 0. The fourth-order valence-corrected chi connectivity index (χ4v) is 2.81. The van der Waals surface area contributed by atoms with Crippen molar-refractivity contribution in [1.82, 2.24) is 4.98 Å².